The molecule has 0 aromatic carbocycles. The number of hydrogen-bond acceptors (Lipinski definition) is 3. The van der Waals surface area contributed by atoms with Crippen LogP contribution in [-0.4, -0.2) is 40.4 Å². The highest BCUT2D eigenvalue weighted by atomic mass is 32.2. The van der Waals surface area contributed by atoms with Crippen LogP contribution in [0.1, 0.15) is 53.4 Å². The Morgan fingerprint density at radius 2 is 1.94 bits per heavy atom. The first kappa shape index (κ1) is 19.8. The molecule has 0 bridgehead atoms. The maximum absolute atomic E-state index is 11.5. The van der Waals surface area contributed by atoms with Crippen molar-refractivity contribution >= 4 is 15.4 Å². The van der Waals surface area contributed by atoms with E-state index in [1.165, 1.54) is 19.3 Å². The molecule has 0 N–H and O–H groups in total. The SMILES string of the molecule is C=S(=O)(C#N)CCN(C)C(CC)CCCC.CC. The zero-order valence-corrected chi connectivity index (χ0v) is 13.6. The molecule has 0 aliphatic heterocycles. The van der Waals surface area contributed by atoms with Crippen LogP contribution in [0, 0.1) is 10.7 Å². The summed E-state index contributed by atoms with van der Waals surface area (Å²) in [7, 11) is -0.475. The standard InChI is InChI=1S/C12H24N2OS.C2H6/c1-5-7-8-12(6-2)14(3)9-10-16(4,15)11-13;1-2/h12H,4-10H2,1-3H3;1-2H3. The van der Waals surface area contributed by atoms with Crippen LogP contribution in [0.15, 0.2) is 0 Å². The Bertz CT molecular complexity index is 317. The maximum Gasteiger partial charge on any atom is 0.156 e. The van der Waals surface area contributed by atoms with Crippen molar-refractivity contribution in [3.05, 3.63) is 0 Å². The van der Waals surface area contributed by atoms with E-state index in [-0.39, 0.29) is 0 Å². The Hall–Kier alpha value is -0.530. The van der Waals surface area contributed by atoms with Gasteiger partial charge in [-0.15, -0.1) is 0 Å². The highest BCUT2D eigenvalue weighted by Gasteiger charge is 2.13. The maximum atomic E-state index is 11.5. The third kappa shape index (κ3) is 9.49. The first-order valence-electron chi connectivity index (χ1n) is 6.92. The molecule has 0 radical (unpaired) electrons. The van der Waals surface area contributed by atoms with E-state index in [4.69, 9.17) is 5.26 Å². The fourth-order valence-electron chi connectivity index (χ4n) is 1.70. The number of nitriles is 1. The normalized spacial score (nSPS) is 15.2. The summed E-state index contributed by atoms with van der Waals surface area (Å²) in [6, 6.07) is 0.536. The first-order valence-corrected chi connectivity index (χ1v) is 8.82. The molecule has 0 amide bonds. The highest BCUT2D eigenvalue weighted by molar-refractivity contribution is 8.04. The second-order valence-electron chi connectivity index (χ2n) is 4.29. The quantitative estimate of drug-likeness (QED) is 0.504. The number of nitrogens with zero attached hydrogens (tertiary/aromatic N) is 2. The van der Waals surface area contributed by atoms with Crippen molar-refractivity contribution in [2.24, 2.45) is 0 Å². The van der Waals surface area contributed by atoms with Crippen LogP contribution < -0.4 is 0 Å². The lowest BCUT2D eigenvalue weighted by Gasteiger charge is -2.27. The van der Waals surface area contributed by atoms with E-state index in [2.05, 4.69) is 24.6 Å². The largest absolute Gasteiger partial charge is 0.303 e. The Morgan fingerprint density at radius 1 is 1.39 bits per heavy atom. The van der Waals surface area contributed by atoms with Crippen LogP contribution in [-0.2, 0) is 9.52 Å². The van der Waals surface area contributed by atoms with Crippen LogP contribution in [0.25, 0.3) is 0 Å². The Kier molecular flexibility index (Phi) is 12.7. The van der Waals surface area contributed by atoms with Crippen LogP contribution in [0.3, 0.4) is 0 Å². The van der Waals surface area contributed by atoms with E-state index in [0.29, 0.717) is 18.3 Å². The second kappa shape index (κ2) is 11.6. The lowest BCUT2D eigenvalue weighted by Crippen LogP contribution is -2.34. The molecule has 0 aromatic rings. The van der Waals surface area contributed by atoms with Crippen LogP contribution in [0.4, 0.5) is 0 Å². The van der Waals surface area contributed by atoms with Gasteiger partial charge in [0.05, 0.1) is 9.52 Å². The summed E-state index contributed by atoms with van der Waals surface area (Å²) in [4.78, 5) is 2.21. The lowest BCUT2D eigenvalue weighted by atomic mass is 10.1. The summed E-state index contributed by atoms with van der Waals surface area (Å²) >= 11 is 0. The highest BCUT2D eigenvalue weighted by Crippen LogP contribution is 2.10. The fraction of sp³-hybridized carbons (Fsp3) is 0.857. The minimum absolute atomic E-state index is 0.378. The molecule has 0 heterocycles. The van der Waals surface area contributed by atoms with Gasteiger partial charge in [0.2, 0.25) is 0 Å². The zero-order valence-electron chi connectivity index (χ0n) is 12.7. The van der Waals surface area contributed by atoms with Gasteiger partial charge in [-0.05, 0) is 25.8 Å². The Morgan fingerprint density at radius 3 is 2.33 bits per heavy atom. The lowest BCUT2D eigenvalue weighted by molar-refractivity contribution is 0.233. The van der Waals surface area contributed by atoms with Gasteiger partial charge in [0.15, 0.2) is 5.40 Å². The predicted molar refractivity (Wildman–Crippen MR) is 83.3 cm³/mol. The molecule has 4 heteroatoms. The topological polar surface area (TPSA) is 44.1 Å². The minimum atomic E-state index is -2.51. The molecular formula is C14H30N2OS. The van der Waals surface area contributed by atoms with E-state index in [0.717, 1.165) is 6.42 Å². The van der Waals surface area contributed by atoms with E-state index in [1.54, 1.807) is 5.40 Å². The van der Waals surface area contributed by atoms with Crippen molar-refractivity contribution < 1.29 is 4.21 Å². The summed E-state index contributed by atoms with van der Waals surface area (Å²) < 4.78 is 11.5. The molecule has 108 valence electrons. The van der Waals surface area contributed by atoms with Crippen molar-refractivity contribution in [1.82, 2.24) is 4.90 Å². The van der Waals surface area contributed by atoms with Crippen LogP contribution in [0.5, 0.6) is 0 Å². The Labute approximate surface area is 114 Å². The zero-order chi connectivity index (χ0) is 14.6. The van der Waals surface area contributed by atoms with Gasteiger partial charge in [-0.1, -0.05) is 40.5 Å². The average Bonchev–Trinajstić information content (AvgIpc) is 2.39. The number of hydrogen-bond donors (Lipinski definition) is 0. The van der Waals surface area contributed by atoms with Gasteiger partial charge < -0.3 is 4.90 Å². The number of thiocyanates is 1. The van der Waals surface area contributed by atoms with Gasteiger partial charge in [-0.2, -0.15) is 5.26 Å². The molecule has 0 saturated heterocycles. The van der Waals surface area contributed by atoms with Gasteiger partial charge >= 0.3 is 0 Å². The van der Waals surface area contributed by atoms with Gasteiger partial charge in [0.1, 0.15) is 0 Å². The van der Waals surface area contributed by atoms with E-state index < -0.39 is 9.52 Å². The van der Waals surface area contributed by atoms with Gasteiger partial charge in [-0.3, -0.25) is 4.21 Å². The second-order valence-corrected chi connectivity index (χ2v) is 6.51. The molecular weight excluding hydrogens is 244 g/mol. The number of rotatable bonds is 8. The van der Waals surface area contributed by atoms with Crippen molar-refractivity contribution in [1.29, 1.82) is 5.26 Å². The van der Waals surface area contributed by atoms with E-state index >= 15 is 0 Å². The van der Waals surface area contributed by atoms with E-state index in [9.17, 15) is 4.21 Å². The summed E-state index contributed by atoms with van der Waals surface area (Å²) in [5.41, 5.74) is 0. The third-order valence-electron chi connectivity index (χ3n) is 2.93. The van der Waals surface area contributed by atoms with Gasteiger partial charge in [-0.25, -0.2) is 0 Å². The van der Waals surface area contributed by atoms with Crippen molar-refractivity contribution in [3.8, 4) is 5.40 Å². The summed E-state index contributed by atoms with van der Waals surface area (Å²) in [6.07, 6.45) is 4.70. The molecule has 0 aromatic heterocycles. The molecule has 0 rings (SSSR count). The predicted octanol–water partition coefficient (Wildman–Crippen LogP) is 3.11. The molecule has 18 heavy (non-hydrogen) atoms. The molecule has 0 fully saturated rings. The molecule has 3 nitrogen and oxygen atoms in total. The Balaban J connectivity index is 0. The molecule has 2 unspecified atom stereocenters. The summed E-state index contributed by atoms with van der Waals surface area (Å²) in [5.74, 6) is 3.83. The molecule has 2 atom stereocenters. The molecule has 0 spiro atoms. The van der Waals surface area contributed by atoms with Crippen LogP contribution in [0.2, 0.25) is 0 Å². The molecule has 0 aliphatic rings. The average molecular weight is 274 g/mol. The first-order chi connectivity index (χ1) is 8.46. The molecule has 0 aliphatic carbocycles. The summed E-state index contributed by atoms with van der Waals surface area (Å²) in [5, 5.41) is 10.4. The van der Waals surface area contributed by atoms with Crippen molar-refractivity contribution in [2.45, 2.75) is 59.4 Å². The minimum Gasteiger partial charge on any atom is -0.303 e. The smallest absolute Gasteiger partial charge is 0.156 e. The number of unbranched alkanes of at least 4 members (excludes halogenated alkanes) is 1. The van der Waals surface area contributed by atoms with Gasteiger partial charge in [0, 0.05) is 18.3 Å². The van der Waals surface area contributed by atoms with Gasteiger partial charge in [0.25, 0.3) is 0 Å². The van der Waals surface area contributed by atoms with Crippen LogP contribution >= 0.6 is 0 Å². The third-order valence-corrected chi connectivity index (χ3v) is 4.10. The summed E-state index contributed by atoms with van der Waals surface area (Å²) in [6.45, 7) is 9.05. The monoisotopic (exact) mass is 274 g/mol. The van der Waals surface area contributed by atoms with E-state index in [1.807, 2.05) is 20.9 Å². The van der Waals surface area contributed by atoms with Crippen molar-refractivity contribution in [3.63, 3.8) is 0 Å². The molecule has 0 saturated carbocycles. The fourth-order valence-corrected chi connectivity index (χ4v) is 2.37. The van der Waals surface area contributed by atoms with Crippen molar-refractivity contribution in [2.75, 3.05) is 19.3 Å².